The number of fused-ring (bicyclic) bond motifs is 1. The van der Waals surface area contributed by atoms with Gasteiger partial charge in [-0.1, -0.05) is 12.1 Å². The molecule has 2 heterocycles. The number of hydrogen-bond acceptors (Lipinski definition) is 3. The van der Waals surface area contributed by atoms with Crippen LogP contribution in [0.1, 0.15) is 22.3 Å². The summed E-state index contributed by atoms with van der Waals surface area (Å²) in [6.45, 7) is 1.70. The molecule has 1 amide bonds. The molecule has 0 saturated carbocycles. The van der Waals surface area contributed by atoms with Crippen molar-refractivity contribution >= 4 is 5.91 Å². The van der Waals surface area contributed by atoms with E-state index in [0.717, 1.165) is 18.5 Å². The van der Waals surface area contributed by atoms with Crippen molar-refractivity contribution in [1.29, 1.82) is 0 Å². The van der Waals surface area contributed by atoms with Crippen LogP contribution in [0.3, 0.4) is 0 Å². The molecule has 0 radical (unpaired) electrons. The van der Waals surface area contributed by atoms with Gasteiger partial charge in [0.15, 0.2) is 0 Å². The van der Waals surface area contributed by atoms with Crippen LogP contribution >= 0.6 is 0 Å². The van der Waals surface area contributed by atoms with E-state index in [9.17, 15) is 9.18 Å². The number of halogens is 1. The maximum atomic E-state index is 12.8. The first-order valence-electron chi connectivity index (χ1n) is 6.45. The molecule has 5 nitrogen and oxygen atoms in total. The van der Waals surface area contributed by atoms with Crippen molar-refractivity contribution in [2.45, 2.75) is 19.5 Å². The van der Waals surface area contributed by atoms with Gasteiger partial charge in [-0.3, -0.25) is 4.79 Å². The van der Waals surface area contributed by atoms with E-state index in [1.165, 1.54) is 18.3 Å². The van der Waals surface area contributed by atoms with Crippen LogP contribution in [0.5, 0.6) is 5.88 Å². The molecule has 0 unspecified atom stereocenters. The molecule has 20 heavy (non-hydrogen) atoms. The summed E-state index contributed by atoms with van der Waals surface area (Å²) in [7, 11) is 0. The number of amides is 1. The van der Waals surface area contributed by atoms with Crippen molar-refractivity contribution < 1.29 is 13.9 Å². The second kappa shape index (κ2) is 5.32. The molecule has 1 aliphatic rings. The van der Waals surface area contributed by atoms with Crippen LogP contribution in [0.15, 0.2) is 30.5 Å². The lowest BCUT2D eigenvalue weighted by Gasteiger charge is -2.15. The number of nitrogens with one attached hydrogen (secondary N) is 1. The third-order valence-electron chi connectivity index (χ3n) is 3.16. The number of rotatable bonds is 3. The number of nitrogens with zero attached hydrogens (tertiary/aromatic N) is 2. The van der Waals surface area contributed by atoms with Gasteiger partial charge >= 0.3 is 0 Å². The second-order valence-electron chi connectivity index (χ2n) is 4.60. The van der Waals surface area contributed by atoms with Gasteiger partial charge in [0.2, 0.25) is 5.88 Å². The summed E-state index contributed by atoms with van der Waals surface area (Å²) in [5.41, 5.74) is 1.27. The quantitative estimate of drug-likeness (QED) is 0.928. The van der Waals surface area contributed by atoms with Crippen LogP contribution in [0.25, 0.3) is 0 Å². The topological polar surface area (TPSA) is 56.2 Å². The lowest BCUT2D eigenvalue weighted by atomic mass is 10.2. The second-order valence-corrected chi connectivity index (χ2v) is 4.60. The number of benzene rings is 1. The molecule has 1 aliphatic heterocycles. The molecule has 1 aromatic heterocycles. The van der Waals surface area contributed by atoms with E-state index in [1.807, 2.05) is 0 Å². The van der Waals surface area contributed by atoms with E-state index in [4.69, 9.17) is 4.74 Å². The molecule has 0 saturated heterocycles. The summed E-state index contributed by atoms with van der Waals surface area (Å²) in [5.74, 6) is -0.00971. The maximum Gasteiger partial charge on any atom is 0.258 e. The maximum absolute atomic E-state index is 12.8. The van der Waals surface area contributed by atoms with Gasteiger partial charge in [0.05, 0.1) is 12.8 Å². The van der Waals surface area contributed by atoms with Gasteiger partial charge in [-0.2, -0.15) is 5.10 Å². The minimum absolute atomic E-state index is 0.238. The Balaban J connectivity index is 1.67. The Morgan fingerprint density at radius 2 is 2.20 bits per heavy atom. The highest BCUT2D eigenvalue weighted by molar-refractivity contribution is 5.96. The number of aromatic nitrogens is 2. The Kier molecular flexibility index (Phi) is 3.37. The summed E-state index contributed by atoms with van der Waals surface area (Å²) in [6.07, 6.45) is 2.41. The van der Waals surface area contributed by atoms with Crippen molar-refractivity contribution in [3.63, 3.8) is 0 Å². The first kappa shape index (κ1) is 12.7. The summed E-state index contributed by atoms with van der Waals surface area (Å²) in [4.78, 5) is 12.1. The van der Waals surface area contributed by atoms with Gasteiger partial charge in [-0.25, -0.2) is 9.07 Å². The van der Waals surface area contributed by atoms with Crippen molar-refractivity contribution in [2.75, 3.05) is 6.61 Å². The van der Waals surface area contributed by atoms with Crippen LogP contribution < -0.4 is 10.1 Å². The normalized spacial score (nSPS) is 13.4. The molecule has 1 N–H and O–H groups in total. The number of carbonyl (C=O) groups is 1. The number of aryl methyl sites for hydroxylation is 1. The fourth-order valence-corrected chi connectivity index (χ4v) is 2.10. The molecule has 2 aromatic rings. The molecular formula is C14H14FN3O2. The lowest BCUT2D eigenvalue weighted by Crippen LogP contribution is -2.24. The molecule has 104 valence electrons. The first-order chi connectivity index (χ1) is 9.74. The third kappa shape index (κ3) is 2.49. The summed E-state index contributed by atoms with van der Waals surface area (Å²) in [6, 6.07) is 6.01. The molecule has 0 atom stereocenters. The molecule has 3 rings (SSSR count). The Morgan fingerprint density at radius 3 is 3.00 bits per heavy atom. The highest BCUT2D eigenvalue weighted by atomic mass is 19.1. The van der Waals surface area contributed by atoms with Crippen LogP contribution in [0, 0.1) is 5.82 Å². The van der Waals surface area contributed by atoms with E-state index in [2.05, 4.69) is 10.4 Å². The average molecular weight is 275 g/mol. The predicted molar refractivity (Wildman–Crippen MR) is 69.9 cm³/mol. The highest BCUT2D eigenvalue weighted by Crippen LogP contribution is 2.22. The molecule has 0 fully saturated rings. The largest absolute Gasteiger partial charge is 0.477 e. The van der Waals surface area contributed by atoms with Gasteiger partial charge in [0.25, 0.3) is 5.91 Å². The lowest BCUT2D eigenvalue weighted by molar-refractivity contribution is 0.0944. The molecule has 0 bridgehead atoms. The summed E-state index contributed by atoms with van der Waals surface area (Å²) in [5, 5.41) is 6.90. The van der Waals surface area contributed by atoms with Gasteiger partial charge in [0.1, 0.15) is 11.4 Å². The minimum Gasteiger partial charge on any atom is -0.477 e. The Labute approximate surface area is 115 Å². The molecular weight excluding hydrogens is 261 g/mol. The SMILES string of the molecule is O=C(NCc1ccc(F)cc1)c1cnn2c1OCCC2. The predicted octanol–water partition coefficient (Wildman–Crippen LogP) is 1.73. The highest BCUT2D eigenvalue weighted by Gasteiger charge is 2.21. The zero-order valence-corrected chi connectivity index (χ0v) is 10.8. The van der Waals surface area contributed by atoms with Crippen molar-refractivity contribution in [2.24, 2.45) is 0 Å². The number of carbonyl (C=O) groups excluding carboxylic acids is 1. The molecule has 0 aliphatic carbocycles. The standard InChI is InChI=1S/C14H14FN3O2/c15-11-4-2-10(3-5-11)8-16-13(19)12-9-17-18-6-1-7-20-14(12)18/h2-5,9H,1,6-8H2,(H,16,19). The summed E-state index contributed by atoms with van der Waals surface area (Å²) < 4.78 is 19.9. The summed E-state index contributed by atoms with van der Waals surface area (Å²) >= 11 is 0. The Bertz CT molecular complexity index is 622. The number of hydrogen-bond donors (Lipinski definition) is 1. The van der Waals surface area contributed by atoms with Gasteiger partial charge in [0, 0.05) is 19.5 Å². The van der Waals surface area contributed by atoms with Crippen LogP contribution in [-0.4, -0.2) is 22.3 Å². The van der Waals surface area contributed by atoms with Gasteiger partial charge in [-0.15, -0.1) is 0 Å². The van der Waals surface area contributed by atoms with Crippen LogP contribution in [-0.2, 0) is 13.1 Å². The van der Waals surface area contributed by atoms with E-state index in [1.54, 1.807) is 16.8 Å². The zero-order valence-electron chi connectivity index (χ0n) is 10.8. The number of ether oxygens (including phenoxy) is 1. The minimum atomic E-state index is -0.292. The third-order valence-corrected chi connectivity index (χ3v) is 3.16. The fraction of sp³-hybridized carbons (Fsp3) is 0.286. The van der Waals surface area contributed by atoms with Gasteiger partial charge < -0.3 is 10.1 Å². The van der Waals surface area contributed by atoms with E-state index < -0.39 is 0 Å². The van der Waals surface area contributed by atoms with E-state index >= 15 is 0 Å². The molecule has 0 spiro atoms. The van der Waals surface area contributed by atoms with E-state index in [-0.39, 0.29) is 11.7 Å². The average Bonchev–Trinajstić information content (AvgIpc) is 2.90. The Morgan fingerprint density at radius 1 is 1.40 bits per heavy atom. The fourth-order valence-electron chi connectivity index (χ4n) is 2.10. The van der Waals surface area contributed by atoms with Crippen LogP contribution in [0.2, 0.25) is 0 Å². The monoisotopic (exact) mass is 275 g/mol. The first-order valence-corrected chi connectivity index (χ1v) is 6.45. The van der Waals surface area contributed by atoms with Crippen LogP contribution in [0.4, 0.5) is 4.39 Å². The van der Waals surface area contributed by atoms with Gasteiger partial charge in [-0.05, 0) is 17.7 Å². The molecule has 6 heteroatoms. The van der Waals surface area contributed by atoms with E-state index in [0.29, 0.717) is 24.6 Å². The smallest absolute Gasteiger partial charge is 0.258 e. The Hall–Kier alpha value is -2.37. The molecule has 1 aromatic carbocycles. The zero-order chi connectivity index (χ0) is 13.9. The van der Waals surface area contributed by atoms with Crippen molar-refractivity contribution in [3.8, 4) is 5.88 Å². The van der Waals surface area contributed by atoms with Crippen molar-refractivity contribution in [1.82, 2.24) is 15.1 Å². The van der Waals surface area contributed by atoms with Crippen molar-refractivity contribution in [3.05, 3.63) is 47.4 Å².